The van der Waals surface area contributed by atoms with Gasteiger partial charge in [-0.3, -0.25) is 10.6 Å². The Hall–Kier alpha value is -3.37. The maximum atomic E-state index is 14.3. The van der Waals surface area contributed by atoms with Gasteiger partial charge in [0.1, 0.15) is 0 Å². The highest BCUT2D eigenvalue weighted by molar-refractivity contribution is 6.10. The summed E-state index contributed by atoms with van der Waals surface area (Å²) in [6.45, 7) is 7.57. The van der Waals surface area contributed by atoms with Crippen LogP contribution in [0.25, 0.3) is 5.65 Å². The first kappa shape index (κ1) is 20.9. The molecular weight excluding hydrogens is 399 g/mol. The van der Waals surface area contributed by atoms with Crippen molar-refractivity contribution in [3.05, 3.63) is 47.7 Å². The van der Waals surface area contributed by atoms with Gasteiger partial charge < -0.3 is 31.1 Å². The van der Waals surface area contributed by atoms with Gasteiger partial charge in [-0.05, 0) is 32.9 Å². The van der Waals surface area contributed by atoms with Crippen molar-refractivity contribution in [1.82, 2.24) is 14.7 Å². The van der Waals surface area contributed by atoms with E-state index < -0.39 is 11.7 Å². The molecule has 4 rings (SSSR count). The lowest BCUT2D eigenvalue weighted by Gasteiger charge is -2.38. The Bertz CT molecular complexity index is 1130. The van der Waals surface area contributed by atoms with Crippen molar-refractivity contribution < 1.29 is 9.18 Å². The number of hydrogen-bond acceptors (Lipinski definition) is 7. The Morgan fingerprint density at radius 1 is 1.26 bits per heavy atom. The van der Waals surface area contributed by atoms with Gasteiger partial charge in [-0.2, -0.15) is 0 Å². The van der Waals surface area contributed by atoms with E-state index in [2.05, 4.69) is 39.8 Å². The number of rotatable bonds is 4. The monoisotopic (exact) mass is 426 g/mol. The third-order valence-electron chi connectivity index (χ3n) is 5.40. The number of nitrogens with one attached hydrogen (secondary N) is 3. The number of anilines is 4. The average molecular weight is 427 g/mol. The Kier molecular flexibility index (Phi) is 5.42. The van der Waals surface area contributed by atoms with E-state index >= 15 is 0 Å². The molecule has 3 heterocycles. The molecule has 10 heteroatoms. The second-order valence-corrected chi connectivity index (χ2v) is 8.08. The highest BCUT2D eigenvalue weighted by Crippen LogP contribution is 2.35. The van der Waals surface area contributed by atoms with Gasteiger partial charge in [0.25, 0.3) is 5.91 Å². The number of carbonyl (C=O) groups is 1. The number of benzene rings is 1. The van der Waals surface area contributed by atoms with Crippen molar-refractivity contribution in [2.75, 3.05) is 34.5 Å². The summed E-state index contributed by atoms with van der Waals surface area (Å²) in [7, 11) is 0. The third-order valence-corrected chi connectivity index (χ3v) is 5.40. The van der Waals surface area contributed by atoms with Gasteiger partial charge in [0, 0.05) is 43.6 Å². The lowest BCUT2D eigenvalue weighted by molar-refractivity contribution is 0.102. The van der Waals surface area contributed by atoms with Crippen LogP contribution in [0.3, 0.4) is 0 Å². The van der Waals surface area contributed by atoms with Crippen molar-refractivity contribution in [2.24, 2.45) is 5.84 Å². The minimum Gasteiger partial charge on any atom is -0.396 e. The van der Waals surface area contributed by atoms with Crippen molar-refractivity contribution in [3.63, 3.8) is 0 Å². The van der Waals surface area contributed by atoms with Gasteiger partial charge in [-0.15, -0.1) is 0 Å². The fourth-order valence-electron chi connectivity index (χ4n) is 4.19. The summed E-state index contributed by atoms with van der Waals surface area (Å²) in [5, 5.41) is 6.19. The number of nitrogen functional groups attached to an aromatic ring is 2. The van der Waals surface area contributed by atoms with E-state index in [-0.39, 0.29) is 16.9 Å². The topological polar surface area (TPSA) is 126 Å². The van der Waals surface area contributed by atoms with Crippen LogP contribution in [-0.4, -0.2) is 40.5 Å². The van der Waals surface area contributed by atoms with Crippen LogP contribution in [-0.2, 0) is 0 Å². The predicted molar refractivity (Wildman–Crippen MR) is 121 cm³/mol. The Morgan fingerprint density at radius 2 is 1.97 bits per heavy atom. The quantitative estimate of drug-likeness (QED) is 0.246. The number of nitrogens with two attached hydrogens (primary N) is 2. The van der Waals surface area contributed by atoms with Crippen molar-refractivity contribution in [1.29, 1.82) is 0 Å². The first-order chi connectivity index (χ1) is 14.8. The van der Waals surface area contributed by atoms with Crippen LogP contribution in [0.4, 0.5) is 27.1 Å². The van der Waals surface area contributed by atoms with Crippen LogP contribution < -0.4 is 32.5 Å². The first-order valence-corrected chi connectivity index (χ1v) is 10.1. The summed E-state index contributed by atoms with van der Waals surface area (Å²) in [5.41, 5.74) is 11.9. The molecule has 1 aliphatic rings. The summed E-state index contributed by atoms with van der Waals surface area (Å²) < 4.78 is 15.9. The van der Waals surface area contributed by atoms with E-state index in [0.717, 1.165) is 18.8 Å². The number of imidazole rings is 1. The molecule has 2 aromatic heterocycles. The van der Waals surface area contributed by atoms with Crippen LogP contribution in [0.2, 0.25) is 0 Å². The number of carbonyl (C=O) groups excluding carboxylic acids is 1. The Balaban J connectivity index is 1.63. The smallest absolute Gasteiger partial charge is 0.257 e. The number of amides is 1. The second-order valence-electron chi connectivity index (χ2n) is 8.08. The summed E-state index contributed by atoms with van der Waals surface area (Å²) in [5.74, 6) is 4.78. The maximum absolute atomic E-state index is 14.3. The SMILES string of the molecule is Cc1cn2cc(NC(=O)c3ccc(N4CC(C)NC(C)C4)c(NN)c3N)cc(F)c2n1. The van der Waals surface area contributed by atoms with E-state index in [4.69, 9.17) is 11.6 Å². The largest absolute Gasteiger partial charge is 0.396 e. The van der Waals surface area contributed by atoms with E-state index in [1.165, 1.54) is 10.5 Å². The number of hydrazine groups is 1. The van der Waals surface area contributed by atoms with E-state index in [9.17, 15) is 9.18 Å². The highest BCUT2D eigenvalue weighted by atomic mass is 19.1. The Labute approximate surface area is 179 Å². The van der Waals surface area contributed by atoms with Gasteiger partial charge in [-0.25, -0.2) is 9.37 Å². The third kappa shape index (κ3) is 3.99. The van der Waals surface area contributed by atoms with E-state index in [1.807, 2.05) is 6.07 Å². The summed E-state index contributed by atoms with van der Waals surface area (Å²) in [6.07, 6.45) is 3.29. The maximum Gasteiger partial charge on any atom is 0.257 e. The number of nitrogens with zero attached hydrogens (tertiary/aromatic N) is 3. The molecule has 0 bridgehead atoms. The molecule has 1 amide bonds. The number of halogens is 1. The molecule has 7 N–H and O–H groups in total. The molecule has 31 heavy (non-hydrogen) atoms. The molecule has 0 saturated carbocycles. The second kappa shape index (κ2) is 8.05. The zero-order valence-corrected chi connectivity index (χ0v) is 17.7. The van der Waals surface area contributed by atoms with Crippen LogP contribution in [0.15, 0.2) is 30.6 Å². The normalized spacial score (nSPS) is 18.9. The molecule has 0 aliphatic carbocycles. The number of aromatic nitrogens is 2. The molecule has 0 spiro atoms. The number of fused-ring (bicyclic) bond motifs is 1. The van der Waals surface area contributed by atoms with Crippen LogP contribution in [0.1, 0.15) is 29.9 Å². The molecule has 1 saturated heterocycles. The molecule has 1 aromatic carbocycles. The summed E-state index contributed by atoms with van der Waals surface area (Å²) in [4.78, 5) is 19.2. The van der Waals surface area contributed by atoms with Crippen LogP contribution in [0, 0.1) is 12.7 Å². The van der Waals surface area contributed by atoms with Crippen molar-refractivity contribution >= 4 is 34.3 Å². The van der Waals surface area contributed by atoms with Gasteiger partial charge in [0.15, 0.2) is 11.5 Å². The standard InChI is InChI=1S/C21H27FN8O/c1-11-7-29(8-12(2)25-11)17-5-4-15(18(23)19(17)28-24)21(31)27-14-6-16(22)20-26-13(3)9-30(20)10-14/h4-6,9-12,25,28H,7-8,23-24H2,1-3H3,(H,27,31). The lowest BCUT2D eigenvalue weighted by Crippen LogP contribution is -2.54. The minimum absolute atomic E-state index is 0.202. The minimum atomic E-state index is -0.527. The lowest BCUT2D eigenvalue weighted by atomic mass is 10.1. The number of pyridine rings is 1. The molecule has 0 radical (unpaired) electrons. The predicted octanol–water partition coefficient (Wildman–Crippen LogP) is 2.09. The zero-order valence-electron chi connectivity index (χ0n) is 17.7. The average Bonchev–Trinajstić information content (AvgIpc) is 3.07. The van der Waals surface area contributed by atoms with Crippen LogP contribution >= 0.6 is 0 Å². The fourth-order valence-corrected chi connectivity index (χ4v) is 4.19. The van der Waals surface area contributed by atoms with Crippen LogP contribution in [0.5, 0.6) is 0 Å². The molecule has 2 atom stereocenters. The van der Waals surface area contributed by atoms with Gasteiger partial charge in [0.05, 0.1) is 34.0 Å². The summed E-state index contributed by atoms with van der Waals surface area (Å²) in [6, 6.07) is 5.32. The number of hydrogen-bond donors (Lipinski definition) is 5. The molecule has 2 unspecified atom stereocenters. The summed E-state index contributed by atoms with van der Waals surface area (Å²) >= 11 is 0. The van der Waals surface area contributed by atoms with E-state index in [0.29, 0.717) is 29.2 Å². The van der Waals surface area contributed by atoms with Gasteiger partial charge >= 0.3 is 0 Å². The number of aryl methyl sites for hydroxylation is 1. The fraction of sp³-hybridized carbons (Fsp3) is 0.333. The highest BCUT2D eigenvalue weighted by Gasteiger charge is 2.25. The van der Waals surface area contributed by atoms with Gasteiger partial charge in [0.2, 0.25) is 0 Å². The molecule has 3 aromatic rings. The molecule has 1 aliphatic heterocycles. The van der Waals surface area contributed by atoms with Crippen molar-refractivity contribution in [2.45, 2.75) is 32.9 Å². The Morgan fingerprint density at radius 3 is 2.65 bits per heavy atom. The van der Waals surface area contributed by atoms with Crippen molar-refractivity contribution in [3.8, 4) is 0 Å². The molecule has 9 nitrogen and oxygen atoms in total. The molecular formula is C21H27FN8O. The molecule has 164 valence electrons. The zero-order chi connectivity index (χ0) is 22.3. The van der Waals surface area contributed by atoms with E-state index in [1.54, 1.807) is 25.4 Å². The molecule has 1 fully saturated rings. The number of piperazine rings is 1. The first-order valence-electron chi connectivity index (χ1n) is 10.1. The van der Waals surface area contributed by atoms with Gasteiger partial charge in [-0.1, -0.05) is 0 Å².